The molecule has 1 unspecified atom stereocenters. The fraction of sp³-hybridized carbons (Fsp3) is 0.526. The molecule has 1 amide bonds. The number of aryl methyl sites for hydroxylation is 1. The number of nitrogens with zero attached hydrogens (tertiary/aromatic N) is 3. The lowest BCUT2D eigenvalue weighted by Gasteiger charge is -2.21. The van der Waals surface area contributed by atoms with Gasteiger partial charge in [-0.1, -0.05) is 0 Å². The molecule has 1 saturated carbocycles. The molecule has 0 aromatic carbocycles. The van der Waals surface area contributed by atoms with Crippen LogP contribution in [0.15, 0.2) is 31.1 Å². The van der Waals surface area contributed by atoms with Crippen molar-refractivity contribution in [3.8, 4) is 0 Å². The van der Waals surface area contributed by atoms with Gasteiger partial charge >= 0.3 is 0 Å². The third kappa shape index (κ3) is 3.44. The standard InChI is InChI=1S/C19H24N4O2/c24-18-8-13(11-23-6-5-20-12-23)7-17(18)22-19(25)16-10-21-9-14-3-1-2-4-15(14)16/h5-6,9-10,12-13,17-18,24H,1-4,7-8,11H2,(H,22,25)/t13?,17-,18-/m1/s1. The molecule has 3 atom stereocenters. The Hall–Kier alpha value is -2.21. The fourth-order valence-electron chi connectivity index (χ4n) is 4.22. The van der Waals surface area contributed by atoms with Crippen molar-refractivity contribution in [1.29, 1.82) is 0 Å². The van der Waals surface area contributed by atoms with Crippen LogP contribution < -0.4 is 5.32 Å². The van der Waals surface area contributed by atoms with Crippen molar-refractivity contribution in [3.05, 3.63) is 47.8 Å². The Bertz CT molecular complexity index is 744. The van der Waals surface area contributed by atoms with Gasteiger partial charge in [0.1, 0.15) is 0 Å². The smallest absolute Gasteiger partial charge is 0.253 e. The first kappa shape index (κ1) is 16.3. The van der Waals surface area contributed by atoms with Crippen molar-refractivity contribution in [3.63, 3.8) is 0 Å². The molecule has 0 spiro atoms. The molecule has 6 heteroatoms. The number of carbonyl (C=O) groups excluding carboxylic acids is 1. The van der Waals surface area contributed by atoms with E-state index in [0.717, 1.165) is 44.2 Å². The lowest BCUT2D eigenvalue weighted by atomic mass is 9.90. The van der Waals surface area contributed by atoms with Crippen LogP contribution in [-0.4, -0.2) is 37.7 Å². The van der Waals surface area contributed by atoms with Crippen LogP contribution in [0.2, 0.25) is 0 Å². The number of hydrogen-bond donors (Lipinski definition) is 2. The van der Waals surface area contributed by atoms with Gasteiger partial charge in [-0.05, 0) is 55.6 Å². The highest BCUT2D eigenvalue weighted by atomic mass is 16.3. The lowest BCUT2D eigenvalue weighted by Crippen LogP contribution is -2.40. The number of pyridine rings is 1. The number of hydrogen-bond acceptors (Lipinski definition) is 4. The number of fused-ring (bicyclic) bond motifs is 1. The maximum atomic E-state index is 12.8. The molecule has 0 bridgehead atoms. The van der Waals surface area contributed by atoms with E-state index in [-0.39, 0.29) is 11.9 Å². The van der Waals surface area contributed by atoms with Crippen molar-refractivity contribution in [1.82, 2.24) is 19.9 Å². The van der Waals surface area contributed by atoms with Crippen LogP contribution in [-0.2, 0) is 19.4 Å². The van der Waals surface area contributed by atoms with E-state index in [1.54, 1.807) is 18.7 Å². The van der Waals surface area contributed by atoms with E-state index >= 15 is 0 Å². The van der Waals surface area contributed by atoms with Gasteiger partial charge in [-0.3, -0.25) is 9.78 Å². The van der Waals surface area contributed by atoms with E-state index in [0.29, 0.717) is 17.9 Å². The van der Waals surface area contributed by atoms with E-state index in [1.807, 2.05) is 17.0 Å². The SMILES string of the molecule is O=C(N[C@@H]1CC(Cn2ccnc2)C[C@H]1O)c1cncc2c1CCCC2. The molecule has 0 radical (unpaired) electrons. The van der Waals surface area contributed by atoms with Gasteiger partial charge < -0.3 is 15.0 Å². The Kier molecular flexibility index (Phi) is 4.53. The Morgan fingerprint density at radius 1 is 1.24 bits per heavy atom. The van der Waals surface area contributed by atoms with Gasteiger partial charge in [0.2, 0.25) is 0 Å². The van der Waals surface area contributed by atoms with Crippen LogP contribution in [0.25, 0.3) is 0 Å². The van der Waals surface area contributed by atoms with Crippen LogP contribution in [0.1, 0.15) is 47.2 Å². The second kappa shape index (κ2) is 6.96. The summed E-state index contributed by atoms with van der Waals surface area (Å²) in [7, 11) is 0. The molecular formula is C19H24N4O2. The molecule has 25 heavy (non-hydrogen) atoms. The van der Waals surface area contributed by atoms with Crippen molar-refractivity contribution < 1.29 is 9.90 Å². The first-order valence-corrected chi connectivity index (χ1v) is 9.11. The van der Waals surface area contributed by atoms with Gasteiger partial charge in [0.05, 0.1) is 24.0 Å². The molecule has 4 rings (SSSR count). The summed E-state index contributed by atoms with van der Waals surface area (Å²) in [4.78, 5) is 21.1. The Morgan fingerprint density at radius 2 is 2.12 bits per heavy atom. The molecule has 2 aromatic rings. The average Bonchev–Trinajstić information content (AvgIpc) is 3.25. The number of amides is 1. The third-order valence-electron chi connectivity index (χ3n) is 5.49. The highest BCUT2D eigenvalue weighted by Crippen LogP contribution is 2.29. The Labute approximate surface area is 147 Å². The van der Waals surface area contributed by atoms with E-state index in [9.17, 15) is 9.90 Å². The molecule has 2 aliphatic carbocycles. The molecule has 2 aliphatic rings. The Morgan fingerprint density at radius 3 is 2.96 bits per heavy atom. The number of nitrogens with one attached hydrogen (secondary N) is 1. The normalized spacial score (nSPS) is 25.6. The third-order valence-corrected chi connectivity index (χ3v) is 5.49. The summed E-state index contributed by atoms with van der Waals surface area (Å²) in [6, 6.07) is -0.194. The minimum absolute atomic E-state index is 0.0985. The van der Waals surface area contributed by atoms with Crippen LogP contribution in [0.4, 0.5) is 0 Å². The number of aliphatic hydroxyl groups is 1. The van der Waals surface area contributed by atoms with Gasteiger partial charge in [0, 0.05) is 31.3 Å². The maximum absolute atomic E-state index is 12.8. The first-order chi connectivity index (χ1) is 12.2. The van der Waals surface area contributed by atoms with Crippen LogP contribution >= 0.6 is 0 Å². The van der Waals surface area contributed by atoms with Gasteiger partial charge in [-0.15, -0.1) is 0 Å². The molecule has 132 valence electrons. The highest BCUT2D eigenvalue weighted by molar-refractivity contribution is 5.96. The Balaban J connectivity index is 1.43. The predicted octanol–water partition coefficient (Wildman–Crippen LogP) is 1.73. The fourth-order valence-corrected chi connectivity index (χ4v) is 4.22. The number of carbonyl (C=O) groups is 1. The van der Waals surface area contributed by atoms with Crippen molar-refractivity contribution in [2.45, 2.75) is 57.2 Å². The largest absolute Gasteiger partial charge is 0.391 e. The van der Waals surface area contributed by atoms with E-state index in [1.165, 1.54) is 5.56 Å². The molecular weight excluding hydrogens is 316 g/mol. The summed E-state index contributed by atoms with van der Waals surface area (Å²) >= 11 is 0. The average molecular weight is 340 g/mol. The van der Waals surface area contributed by atoms with Crippen LogP contribution in [0, 0.1) is 5.92 Å². The summed E-state index contributed by atoms with van der Waals surface area (Å²) < 4.78 is 2.03. The highest BCUT2D eigenvalue weighted by Gasteiger charge is 2.34. The molecule has 1 fully saturated rings. The molecule has 2 N–H and O–H groups in total. The summed E-state index contributed by atoms with van der Waals surface area (Å²) in [5.41, 5.74) is 3.02. The summed E-state index contributed by atoms with van der Waals surface area (Å²) in [5, 5.41) is 13.4. The zero-order valence-corrected chi connectivity index (χ0v) is 14.3. The maximum Gasteiger partial charge on any atom is 0.253 e. The van der Waals surface area contributed by atoms with Crippen LogP contribution in [0.3, 0.4) is 0 Å². The second-order valence-corrected chi connectivity index (χ2v) is 7.28. The van der Waals surface area contributed by atoms with Crippen molar-refractivity contribution >= 4 is 5.91 Å². The van der Waals surface area contributed by atoms with Gasteiger partial charge in [0.25, 0.3) is 5.91 Å². The minimum Gasteiger partial charge on any atom is -0.391 e. The molecule has 0 aliphatic heterocycles. The summed E-state index contributed by atoms with van der Waals surface area (Å²) in [5.74, 6) is 0.246. The topological polar surface area (TPSA) is 80.0 Å². The lowest BCUT2D eigenvalue weighted by molar-refractivity contribution is 0.0871. The minimum atomic E-state index is -0.495. The first-order valence-electron chi connectivity index (χ1n) is 9.11. The molecule has 2 aromatic heterocycles. The van der Waals surface area contributed by atoms with Gasteiger partial charge in [0.15, 0.2) is 0 Å². The van der Waals surface area contributed by atoms with E-state index < -0.39 is 6.10 Å². The molecule has 2 heterocycles. The van der Waals surface area contributed by atoms with Gasteiger partial charge in [-0.25, -0.2) is 4.98 Å². The predicted molar refractivity (Wildman–Crippen MR) is 93.1 cm³/mol. The summed E-state index contributed by atoms with van der Waals surface area (Å²) in [6.07, 6.45) is 14.3. The monoisotopic (exact) mass is 340 g/mol. The number of aliphatic hydroxyl groups excluding tert-OH is 1. The zero-order valence-electron chi connectivity index (χ0n) is 14.3. The quantitative estimate of drug-likeness (QED) is 0.888. The zero-order chi connectivity index (χ0) is 17.2. The van der Waals surface area contributed by atoms with Gasteiger partial charge in [-0.2, -0.15) is 0 Å². The molecule has 0 saturated heterocycles. The number of rotatable bonds is 4. The molecule has 6 nitrogen and oxygen atoms in total. The van der Waals surface area contributed by atoms with Crippen molar-refractivity contribution in [2.24, 2.45) is 5.92 Å². The number of aromatic nitrogens is 3. The van der Waals surface area contributed by atoms with Crippen LogP contribution in [0.5, 0.6) is 0 Å². The van der Waals surface area contributed by atoms with Crippen molar-refractivity contribution in [2.75, 3.05) is 0 Å². The number of imidazole rings is 1. The summed E-state index contributed by atoms with van der Waals surface area (Å²) in [6.45, 7) is 0.825. The van der Waals surface area contributed by atoms with E-state index in [2.05, 4.69) is 15.3 Å². The second-order valence-electron chi connectivity index (χ2n) is 7.28. The van der Waals surface area contributed by atoms with E-state index in [4.69, 9.17) is 0 Å².